The van der Waals surface area contributed by atoms with E-state index < -0.39 is 11.7 Å². The lowest BCUT2D eigenvalue weighted by molar-refractivity contribution is 0.0472. The third kappa shape index (κ3) is 5.49. The first-order valence-corrected chi connectivity index (χ1v) is 9.56. The van der Waals surface area contributed by atoms with E-state index in [0.717, 1.165) is 34.0 Å². The van der Waals surface area contributed by atoms with Gasteiger partial charge in [-0.25, -0.2) is 4.79 Å². The summed E-state index contributed by atoms with van der Waals surface area (Å²) < 4.78 is 16.5. The van der Waals surface area contributed by atoms with Gasteiger partial charge in [0.15, 0.2) is 6.10 Å². The molecule has 2 aromatic rings. The predicted molar refractivity (Wildman–Crippen MR) is 108 cm³/mol. The number of amides is 1. The molecule has 29 heavy (non-hydrogen) atoms. The van der Waals surface area contributed by atoms with Crippen molar-refractivity contribution in [2.75, 3.05) is 13.2 Å². The smallest absolute Gasteiger partial charge is 0.407 e. The van der Waals surface area contributed by atoms with Crippen molar-refractivity contribution in [3.8, 4) is 16.9 Å². The molecule has 0 radical (unpaired) electrons. The molecule has 1 aliphatic heterocycles. The van der Waals surface area contributed by atoms with Gasteiger partial charge < -0.3 is 24.2 Å². The largest absolute Gasteiger partial charge is 0.489 e. The van der Waals surface area contributed by atoms with E-state index in [2.05, 4.69) is 15.6 Å². The van der Waals surface area contributed by atoms with Crippen LogP contribution in [0.4, 0.5) is 4.79 Å². The first-order valence-electron chi connectivity index (χ1n) is 9.56. The van der Waals surface area contributed by atoms with Gasteiger partial charge in [0.2, 0.25) is 0 Å². The van der Waals surface area contributed by atoms with Crippen LogP contribution in [-0.4, -0.2) is 41.8 Å². The Balaban J connectivity index is 1.52. The molecule has 0 saturated carbocycles. The van der Waals surface area contributed by atoms with Gasteiger partial charge in [0.05, 0.1) is 23.5 Å². The third-order valence-corrected chi connectivity index (χ3v) is 4.24. The van der Waals surface area contributed by atoms with Crippen LogP contribution >= 0.6 is 0 Å². The summed E-state index contributed by atoms with van der Waals surface area (Å²) in [5.74, 6) is 1.47. The maximum atomic E-state index is 11.7. The van der Waals surface area contributed by atoms with Crippen molar-refractivity contribution in [1.82, 2.24) is 10.5 Å². The number of aromatic nitrogens is 1. The third-order valence-electron chi connectivity index (χ3n) is 4.24. The fourth-order valence-corrected chi connectivity index (χ4v) is 3.02. The average molecular weight is 401 g/mol. The van der Waals surface area contributed by atoms with Crippen LogP contribution in [-0.2, 0) is 9.57 Å². The number of nitrogens with one attached hydrogen (secondary N) is 1. The number of carbonyl (C=O) groups excluding carboxylic acids is 1. The maximum absolute atomic E-state index is 11.7. The van der Waals surface area contributed by atoms with Gasteiger partial charge in [-0.2, -0.15) is 0 Å². The Hall–Kier alpha value is -3.03. The zero-order chi connectivity index (χ0) is 21.0. The van der Waals surface area contributed by atoms with E-state index in [1.54, 1.807) is 0 Å². The zero-order valence-electron chi connectivity index (χ0n) is 17.4. The van der Waals surface area contributed by atoms with Crippen molar-refractivity contribution in [2.24, 2.45) is 5.16 Å². The van der Waals surface area contributed by atoms with Crippen LogP contribution in [0, 0.1) is 13.8 Å². The second-order valence-electron chi connectivity index (χ2n) is 7.95. The van der Waals surface area contributed by atoms with E-state index in [1.807, 2.05) is 58.9 Å². The molecule has 1 aromatic heterocycles. The number of benzene rings is 1. The van der Waals surface area contributed by atoms with Gasteiger partial charge in [0.1, 0.15) is 23.7 Å². The van der Waals surface area contributed by atoms with E-state index in [1.165, 1.54) is 0 Å². The van der Waals surface area contributed by atoms with Crippen LogP contribution in [0.1, 0.15) is 38.6 Å². The van der Waals surface area contributed by atoms with E-state index in [-0.39, 0.29) is 12.6 Å². The Morgan fingerprint density at radius 3 is 2.72 bits per heavy atom. The molecule has 1 aliphatic rings. The van der Waals surface area contributed by atoms with Gasteiger partial charge in [-0.1, -0.05) is 28.5 Å². The maximum Gasteiger partial charge on any atom is 0.407 e. The molecule has 1 aromatic carbocycles. The van der Waals surface area contributed by atoms with Crippen LogP contribution < -0.4 is 10.1 Å². The van der Waals surface area contributed by atoms with Gasteiger partial charge in [0, 0.05) is 12.0 Å². The molecule has 0 aliphatic carbocycles. The van der Waals surface area contributed by atoms with Crippen molar-refractivity contribution in [2.45, 2.75) is 52.7 Å². The lowest BCUT2D eigenvalue weighted by atomic mass is 10.0. The predicted octanol–water partition coefficient (Wildman–Crippen LogP) is 4.01. The summed E-state index contributed by atoms with van der Waals surface area (Å²) in [4.78, 5) is 17.2. The minimum atomic E-state index is -0.539. The first-order chi connectivity index (χ1) is 13.7. The van der Waals surface area contributed by atoms with E-state index >= 15 is 0 Å². The normalized spacial score (nSPS) is 16.2. The molecule has 8 nitrogen and oxygen atoms in total. The monoisotopic (exact) mass is 401 g/mol. The first kappa shape index (κ1) is 20.7. The molecule has 1 amide bonds. The number of rotatable bonds is 6. The fraction of sp³-hybridized carbons (Fsp3) is 0.476. The highest BCUT2D eigenvalue weighted by Gasteiger charge is 2.24. The molecule has 0 saturated heterocycles. The van der Waals surface area contributed by atoms with Gasteiger partial charge in [-0.15, -0.1) is 0 Å². The molecule has 0 fully saturated rings. The number of alkyl carbamates (subject to hydrolysis) is 1. The summed E-state index contributed by atoms with van der Waals surface area (Å²) in [5.41, 5.74) is 2.88. The minimum Gasteiger partial charge on any atom is -0.489 e. The Labute approximate surface area is 170 Å². The molecular formula is C21H27N3O5. The number of hydrogen-bond donors (Lipinski definition) is 1. The Kier molecular flexibility index (Phi) is 6.10. The van der Waals surface area contributed by atoms with E-state index in [9.17, 15) is 4.79 Å². The summed E-state index contributed by atoms with van der Waals surface area (Å²) >= 11 is 0. The lowest BCUT2D eigenvalue weighted by Crippen LogP contribution is -2.35. The number of nitrogens with zero attached hydrogens (tertiary/aromatic N) is 2. The zero-order valence-corrected chi connectivity index (χ0v) is 17.4. The van der Waals surface area contributed by atoms with Gasteiger partial charge in [-0.05, 0) is 40.7 Å². The van der Waals surface area contributed by atoms with Crippen LogP contribution in [0.25, 0.3) is 11.1 Å². The number of para-hydroxylation sites is 1. The molecule has 1 unspecified atom stereocenters. The van der Waals surface area contributed by atoms with Gasteiger partial charge in [-0.3, -0.25) is 0 Å². The Bertz CT molecular complexity index is 878. The highest BCUT2D eigenvalue weighted by molar-refractivity contribution is 5.89. The van der Waals surface area contributed by atoms with Crippen molar-refractivity contribution >= 4 is 11.8 Å². The van der Waals surface area contributed by atoms with Crippen molar-refractivity contribution in [1.29, 1.82) is 0 Å². The van der Waals surface area contributed by atoms with Crippen LogP contribution in [0.5, 0.6) is 5.75 Å². The lowest BCUT2D eigenvalue weighted by Gasteiger charge is -2.19. The quantitative estimate of drug-likeness (QED) is 0.786. The molecule has 2 heterocycles. The van der Waals surface area contributed by atoms with E-state index in [0.29, 0.717) is 13.0 Å². The second-order valence-corrected chi connectivity index (χ2v) is 7.95. The summed E-state index contributed by atoms with van der Waals surface area (Å²) in [5, 5.41) is 10.7. The highest BCUT2D eigenvalue weighted by atomic mass is 16.7. The molecule has 1 atom stereocenters. The standard InChI is InChI=1S/C21H27N3O5/c1-13-19(14(2)28-23-13)17-8-6-7-9-18(17)26-12-16-10-15(24-29-16)11-22-20(25)27-21(3,4)5/h6-9,16H,10-12H2,1-5H3,(H,22,25). The average Bonchev–Trinajstić information content (AvgIpc) is 3.23. The highest BCUT2D eigenvalue weighted by Crippen LogP contribution is 2.34. The van der Waals surface area contributed by atoms with Crippen LogP contribution in [0.3, 0.4) is 0 Å². The van der Waals surface area contributed by atoms with Crippen LogP contribution in [0.2, 0.25) is 0 Å². The Morgan fingerprint density at radius 2 is 2.03 bits per heavy atom. The summed E-state index contributed by atoms with van der Waals surface area (Å²) in [6, 6.07) is 7.74. The minimum absolute atomic E-state index is 0.219. The van der Waals surface area contributed by atoms with E-state index in [4.69, 9.17) is 18.8 Å². The SMILES string of the molecule is Cc1noc(C)c1-c1ccccc1OCC1CC(CNC(=O)OC(C)(C)C)=NO1. The molecule has 0 spiro atoms. The molecule has 8 heteroatoms. The van der Waals surface area contributed by atoms with Crippen molar-refractivity contribution in [3.05, 3.63) is 35.7 Å². The molecule has 3 rings (SSSR count). The topological polar surface area (TPSA) is 95.2 Å². The number of oxime groups is 1. The summed E-state index contributed by atoms with van der Waals surface area (Å²) in [6.45, 7) is 9.84. The number of hydrogen-bond acceptors (Lipinski definition) is 7. The Morgan fingerprint density at radius 1 is 1.28 bits per heavy atom. The van der Waals surface area contributed by atoms with Gasteiger partial charge in [0.25, 0.3) is 0 Å². The molecule has 156 valence electrons. The number of ether oxygens (including phenoxy) is 2. The second kappa shape index (κ2) is 8.55. The van der Waals surface area contributed by atoms with Crippen molar-refractivity contribution in [3.63, 3.8) is 0 Å². The van der Waals surface area contributed by atoms with Gasteiger partial charge >= 0.3 is 6.09 Å². The molecule has 0 bridgehead atoms. The van der Waals surface area contributed by atoms with Crippen molar-refractivity contribution < 1.29 is 23.6 Å². The fourth-order valence-electron chi connectivity index (χ4n) is 3.02. The number of carbonyl (C=O) groups is 1. The van der Waals surface area contributed by atoms with Crippen LogP contribution in [0.15, 0.2) is 33.9 Å². The number of aryl methyl sites for hydroxylation is 2. The summed E-state index contributed by atoms with van der Waals surface area (Å²) in [6.07, 6.45) is -0.125. The summed E-state index contributed by atoms with van der Waals surface area (Å²) in [7, 11) is 0. The molecular weight excluding hydrogens is 374 g/mol. The molecule has 1 N–H and O–H groups in total.